The number of rotatable bonds is 8. The van der Waals surface area contributed by atoms with Crippen LogP contribution in [0.1, 0.15) is 42.6 Å². The smallest absolute Gasteiger partial charge is 0.251 e. The van der Waals surface area contributed by atoms with E-state index in [1.807, 2.05) is 24.3 Å². The summed E-state index contributed by atoms with van der Waals surface area (Å²) in [7, 11) is 0. The highest BCUT2D eigenvalue weighted by molar-refractivity contribution is 6.30. The van der Waals surface area contributed by atoms with E-state index < -0.39 is 0 Å². The zero-order chi connectivity index (χ0) is 20.1. The molecule has 0 atom stereocenters. The van der Waals surface area contributed by atoms with Crippen LogP contribution in [0.4, 0.5) is 5.69 Å². The molecule has 1 saturated carbocycles. The van der Waals surface area contributed by atoms with Crippen LogP contribution in [0.5, 0.6) is 0 Å². The lowest BCUT2D eigenvalue weighted by Crippen LogP contribution is -2.37. The molecule has 28 heavy (non-hydrogen) atoms. The second-order valence-electron chi connectivity index (χ2n) is 7.51. The Kier molecular flexibility index (Phi) is 6.70. The van der Waals surface area contributed by atoms with Crippen molar-refractivity contribution in [3.63, 3.8) is 0 Å². The molecule has 1 aliphatic carbocycles. The summed E-state index contributed by atoms with van der Waals surface area (Å²) in [5.41, 5.74) is 2.25. The SMILES string of the molecule is CC(C)N(CC(=O)Nc1cccc(C(=O)NC2CC2)c1)Cc1cccc(Cl)c1. The highest BCUT2D eigenvalue weighted by Crippen LogP contribution is 2.20. The van der Waals surface area contributed by atoms with E-state index >= 15 is 0 Å². The van der Waals surface area contributed by atoms with Gasteiger partial charge in [0.05, 0.1) is 6.54 Å². The van der Waals surface area contributed by atoms with Gasteiger partial charge in [0.15, 0.2) is 0 Å². The Morgan fingerprint density at radius 1 is 1.14 bits per heavy atom. The van der Waals surface area contributed by atoms with E-state index in [1.165, 1.54) is 0 Å². The fourth-order valence-electron chi connectivity index (χ4n) is 2.91. The maximum Gasteiger partial charge on any atom is 0.251 e. The Morgan fingerprint density at radius 2 is 1.89 bits per heavy atom. The molecule has 1 aliphatic rings. The summed E-state index contributed by atoms with van der Waals surface area (Å²) in [4.78, 5) is 26.8. The van der Waals surface area contributed by atoms with Gasteiger partial charge in [-0.3, -0.25) is 14.5 Å². The van der Waals surface area contributed by atoms with Crippen molar-refractivity contribution in [2.75, 3.05) is 11.9 Å². The van der Waals surface area contributed by atoms with Crippen LogP contribution in [0.2, 0.25) is 5.02 Å². The molecule has 0 spiro atoms. The van der Waals surface area contributed by atoms with Gasteiger partial charge in [-0.1, -0.05) is 29.8 Å². The molecular formula is C22H26ClN3O2. The van der Waals surface area contributed by atoms with Gasteiger partial charge in [-0.25, -0.2) is 0 Å². The minimum absolute atomic E-state index is 0.0941. The molecule has 0 saturated heterocycles. The third kappa shape index (κ3) is 6.08. The van der Waals surface area contributed by atoms with E-state index in [4.69, 9.17) is 11.6 Å². The van der Waals surface area contributed by atoms with Crippen molar-refractivity contribution in [2.24, 2.45) is 0 Å². The molecule has 6 heteroatoms. The first-order valence-corrected chi connectivity index (χ1v) is 9.98. The van der Waals surface area contributed by atoms with E-state index in [2.05, 4.69) is 29.4 Å². The molecule has 1 fully saturated rings. The number of carbonyl (C=O) groups is 2. The molecular weight excluding hydrogens is 374 g/mol. The Hall–Kier alpha value is -2.37. The number of nitrogens with zero attached hydrogens (tertiary/aromatic N) is 1. The Balaban J connectivity index is 1.60. The first kappa shape index (κ1) is 20.4. The fraction of sp³-hybridized carbons (Fsp3) is 0.364. The number of hydrogen-bond donors (Lipinski definition) is 2. The summed E-state index contributed by atoms with van der Waals surface area (Å²) in [5, 5.41) is 6.55. The predicted molar refractivity (Wildman–Crippen MR) is 113 cm³/mol. The van der Waals surface area contributed by atoms with Gasteiger partial charge in [-0.05, 0) is 62.6 Å². The van der Waals surface area contributed by atoms with Gasteiger partial charge < -0.3 is 10.6 Å². The van der Waals surface area contributed by atoms with Gasteiger partial charge in [0.1, 0.15) is 0 Å². The molecule has 0 bridgehead atoms. The maximum atomic E-state index is 12.6. The molecule has 3 rings (SSSR count). The van der Waals surface area contributed by atoms with Gasteiger partial charge >= 0.3 is 0 Å². The van der Waals surface area contributed by atoms with Gasteiger partial charge in [-0.15, -0.1) is 0 Å². The van der Waals surface area contributed by atoms with Crippen LogP contribution in [0.15, 0.2) is 48.5 Å². The average molecular weight is 400 g/mol. The number of anilines is 1. The maximum absolute atomic E-state index is 12.6. The van der Waals surface area contributed by atoms with Crippen molar-refractivity contribution in [1.29, 1.82) is 0 Å². The lowest BCUT2D eigenvalue weighted by molar-refractivity contribution is -0.117. The van der Waals surface area contributed by atoms with Crippen LogP contribution in [0, 0.1) is 0 Å². The topological polar surface area (TPSA) is 61.4 Å². The Morgan fingerprint density at radius 3 is 2.57 bits per heavy atom. The minimum atomic E-state index is -0.115. The van der Waals surface area contributed by atoms with Gasteiger partial charge in [0.25, 0.3) is 5.91 Å². The lowest BCUT2D eigenvalue weighted by atomic mass is 10.1. The van der Waals surface area contributed by atoms with Crippen molar-refractivity contribution in [1.82, 2.24) is 10.2 Å². The molecule has 2 N–H and O–H groups in total. The summed E-state index contributed by atoms with van der Waals surface area (Å²) in [5.74, 6) is -0.209. The number of halogens is 1. The van der Waals surface area contributed by atoms with E-state index in [9.17, 15) is 9.59 Å². The number of nitrogens with one attached hydrogen (secondary N) is 2. The van der Waals surface area contributed by atoms with Crippen LogP contribution in [0.25, 0.3) is 0 Å². The third-order valence-corrected chi connectivity index (χ3v) is 4.91. The third-order valence-electron chi connectivity index (χ3n) is 4.67. The molecule has 0 heterocycles. The fourth-order valence-corrected chi connectivity index (χ4v) is 3.12. The van der Waals surface area contributed by atoms with Crippen molar-refractivity contribution < 1.29 is 9.59 Å². The van der Waals surface area contributed by atoms with Crippen LogP contribution in [-0.4, -0.2) is 35.3 Å². The molecule has 0 aliphatic heterocycles. The van der Waals surface area contributed by atoms with Crippen LogP contribution < -0.4 is 10.6 Å². The van der Waals surface area contributed by atoms with Crippen molar-refractivity contribution in [2.45, 2.75) is 45.3 Å². The average Bonchev–Trinajstić information content (AvgIpc) is 3.45. The minimum Gasteiger partial charge on any atom is -0.349 e. The van der Waals surface area contributed by atoms with E-state index in [-0.39, 0.29) is 24.4 Å². The number of hydrogen-bond acceptors (Lipinski definition) is 3. The number of carbonyl (C=O) groups excluding carboxylic acids is 2. The molecule has 0 radical (unpaired) electrons. The largest absolute Gasteiger partial charge is 0.349 e. The van der Waals surface area contributed by atoms with E-state index in [0.717, 1.165) is 18.4 Å². The number of benzene rings is 2. The highest BCUT2D eigenvalue weighted by atomic mass is 35.5. The van der Waals surface area contributed by atoms with Crippen LogP contribution in [-0.2, 0) is 11.3 Å². The summed E-state index contributed by atoms with van der Waals surface area (Å²) in [6, 6.07) is 15.2. The summed E-state index contributed by atoms with van der Waals surface area (Å²) in [6.07, 6.45) is 2.08. The quantitative estimate of drug-likeness (QED) is 0.703. The number of amides is 2. The molecule has 2 aromatic carbocycles. The molecule has 148 valence electrons. The van der Waals surface area contributed by atoms with Gasteiger partial charge in [0, 0.05) is 34.9 Å². The summed E-state index contributed by atoms with van der Waals surface area (Å²) < 4.78 is 0. The predicted octanol–water partition coefficient (Wildman–Crippen LogP) is 4.08. The normalized spacial score (nSPS) is 13.6. The monoisotopic (exact) mass is 399 g/mol. The zero-order valence-electron chi connectivity index (χ0n) is 16.2. The van der Waals surface area contributed by atoms with Crippen molar-refractivity contribution >= 4 is 29.1 Å². The highest BCUT2D eigenvalue weighted by Gasteiger charge is 2.24. The van der Waals surface area contributed by atoms with Crippen molar-refractivity contribution in [3.8, 4) is 0 Å². The van der Waals surface area contributed by atoms with Gasteiger partial charge in [0.2, 0.25) is 5.91 Å². The second-order valence-corrected chi connectivity index (χ2v) is 7.94. The standard InChI is InChI=1S/C22H26ClN3O2/c1-15(2)26(13-16-5-3-7-18(23)11-16)14-21(27)24-20-8-4-6-17(12-20)22(28)25-19-9-10-19/h3-8,11-12,15,19H,9-10,13-14H2,1-2H3,(H,24,27)(H,25,28). The van der Waals surface area contributed by atoms with Crippen LogP contribution >= 0.6 is 11.6 Å². The van der Waals surface area contributed by atoms with Gasteiger partial charge in [-0.2, -0.15) is 0 Å². The molecule has 0 unspecified atom stereocenters. The van der Waals surface area contributed by atoms with E-state index in [0.29, 0.717) is 28.9 Å². The van der Waals surface area contributed by atoms with Crippen molar-refractivity contribution in [3.05, 3.63) is 64.7 Å². The first-order valence-electron chi connectivity index (χ1n) is 9.60. The Bertz CT molecular complexity index is 849. The summed E-state index contributed by atoms with van der Waals surface area (Å²) in [6.45, 7) is 5.00. The zero-order valence-corrected chi connectivity index (χ0v) is 17.0. The molecule has 0 aromatic heterocycles. The second kappa shape index (κ2) is 9.22. The first-order chi connectivity index (χ1) is 13.4. The lowest BCUT2D eigenvalue weighted by Gasteiger charge is -2.26. The molecule has 2 aromatic rings. The molecule has 5 nitrogen and oxygen atoms in total. The summed E-state index contributed by atoms with van der Waals surface area (Å²) >= 11 is 6.07. The van der Waals surface area contributed by atoms with E-state index in [1.54, 1.807) is 24.3 Å². The Labute approximate surface area is 171 Å². The van der Waals surface area contributed by atoms with Crippen LogP contribution in [0.3, 0.4) is 0 Å². The molecule has 2 amide bonds.